The predicted molar refractivity (Wildman–Crippen MR) is 103 cm³/mol. The molecule has 1 nitrogen and oxygen atoms in total. The van der Waals surface area contributed by atoms with Crippen LogP contribution in [0.5, 0.6) is 0 Å². The van der Waals surface area contributed by atoms with Crippen molar-refractivity contribution in [1.29, 1.82) is 0 Å². The van der Waals surface area contributed by atoms with Gasteiger partial charge in [-0.05, 0) is 54.7 Å². The molecule has 0 atom stereocenters. The molecule has 0 aliphatic rings. The molecule has 0 N–H and O–H groups in total. The van der Waals surface area contributed by atoms with Gasteiger partial charge >= 0.3 is 0 Å². The predicted octanol–water partition coefficient (Wildman–Crippen LogP) is 6.61. The second-order valence-electron chi connectivity index (χ2n) is 5.23. The molecule has 22 heavy (non-hydrogen) atoms. The number of methoxy groups -OCH3 is 1. The molecule has 0 bridgehead atoms. The minimum atomic E-state index is 0.889. The van der Waals surface area contributed by atoms with Crippen molar-refractivity contribution in [2.75, 3.05) is 20.0 Å². The summed E-state index contributed by atoms with van der Waals surface area (Å²) in [4.78, 5) is 1.43. The van der Waals surface area contributed by atoms with E-state index in [4.69, 9.17) is 4.74 Å². The Morgan fingerprint density at radius 3 is 2.27 bits per heavy atom. The third-order valence-corrected chi connectivity index (χ3v) is 4.19. The molecule has 0 aliphatic carbocycles. The van der Waals surface area contributed by atoms with E-state index in [1.165, 1.54) is 34.4 Å². The van der Waals surface area contributed by atoms with Crippen molar-refractivity contribution in [3.63, 3.8) is 0 Å². The van der Waals surface area contributed by atoms with E-state index in [0.29, 0.717) is 0 Å². The topological polar surface area (TPSA) is 9.23 Å². The lowest BCUT2D eigenvalue weighted by Gasteiger charge is -2.15. The molecule has 1 aromatic rings. The summed E-state index contributed by atoms with van der Waals surface area (Å²) in [5, 5.41) is 0. The molecule has 1 rings (SSSR count). The number of aryl methyl sites for hydroxylation is 1. The first-order valence-corrected chi connectivity index (χ1v) is 9.76. The number of thioether (sulfide) groups is 1. The molecule has 0 fully saturated rings. The molecular formula is C20H34OS. The first kappa shape index (κ1) is 21.3. The van der Waals surface area contributed by atoms with Crippen molar-refractivity contribution in [1.82, 2.24) is 0 Å². The van der Waals surface area contributed by atoms with Crippen molar-refractivity contribution in [3.05, 3.63) is 35.4 Å². The molecule has 0 spiro atoms. The zero-order valence-corrected chi connectivity index (χ0v) is 16.2. The minimum Gasteiger partial charge on any atom is -0.385 e. The van der Waals surface area contributed by atoms with E-state index >= 15 is 0 Å². The molecule has 0 saturated heterocycles. The monoisotopic (exact) mass is 322 g/mol. The van der Waals surface area contributed by atoms with Gasteiger partial charge in [-0.2, -0.15) is 0 Å². The fourth-order valence-corrected chi connectivity index (χ4v) is 3.14. The second-order valence-corrected chi connectivity index (χ2v) is 6.08. The minimum absolute atomic E-state index is 0.889. The normalized spacial score (nSPS) is 11.1. The average Bonchev–Trinajstić information content (AvgIpc) is 2.54. The number of allylic oxidation sites excluding steroid dienone is 2. The number of hydrogen-bond acceptors (Lipinski definition) is 2. The molecule has 0 unspecified atom stereocenters. The zero-order chi connectivity index (χ0) is 16.8. The highest BCUT2D eigenvalue weighted by atomic mass is 32.2. The molecule has 0 saturated carbocycles. The molecule has 0 amide bonds. The average molecular weight is 323 g/mol. The van der Waals surface area contributed by atoms with Gasteiger partial charge in [-0.1, -0.05) is 52.3 Å². The van der Waals surface area contributed by atoms with E-state index in [1.54, 1.807) is 7.11 Å². The van der Waals surface area contributed by atoms with Crippen LogP contribution in [0, 0.1) is 0 Å². The summed E-state index contributed by atoms with van der Waals surface area (Å²) >= 11 is 1.86. The van der Waals surface area contributed by atoms with Crippen LogP contribution in [0.3, 0.4) is 0 Å². The van der Waals surface area contributed by atoms with Crippen LogP contribution < -0.4 is 0 Å². The standard InChI is InChI=1S/C16H24S.C4H10O/c1-5-9-13(7-3)16-14(10-6-2)11-8-12-15(16)17-4;1-3-4-5-2/h8-9,11-12H,5-7,10H2,1-4H3;3-4H2,1-2H3/b13-9+;. The van der Waals surface area contributed by atoms with Crippen LogP contribution in [0.4, 0.5) is 0 Å². The third-order valence-electron chi connectivity index (χ3n) is 3.41. The molecule has 0 radical (unpaired) electrons. The number of rotatable bonds is 8. The van der Waals surface area contributed by atoms with Gasteiger partial charge in [0.15, 0.2) is 0 Å². The van der Waals surface area contributed by atoms with Gasteiger partial charge in [-0.15, -0.1) is 11.8 Å². The van der Waals surface area contributed by atoms with Crippen LogP contribution >= 0.6 is 11.8 Å². The fourth-order valence-electron chi connectivity index (χ4n) is 2.46. The Morgan fingerprint density at radius 1 is 1.14 bits per heavy atom. The lowest BCUT2D eigenvalue weighted by atomic mass is 9.94. The Bertz CT molecular complexity index is 422. The third kappa shape index (κ3) is 7.51. The van der Waals surface area contributed by atoms with Crippen LogP contribution in [0.15, 0.2) is 29.2 Å². The van der Waals surface area contributed by atoms with Crippen molar-refractivity contribution in [2.45, 2.75) is 64.7 Å². The molecule has 0 aromatic heterocycles. The van der Waals surface area contributed by atoms with Crippen LogP contribution in [-0.2, 0) is 11.2 Å². The summed E-state index contributed by atoms with van der Waals surface area (Å²) in [6.07, 6.45) is 10.3. The summed E-state index contributed by atoms with van der Waals surface area (Å²) < 4.78 is 4.69. The highest BCUT2D eigenvalue weighted by Crippen LogP contribution is 2.32. The molecule has 1 aromatic carbocycles. The van der Waals surface area contributed by atoms with Gasteiger partial charge in [0.1, 0.15) is 0 Å². The van der Waals surface area contributed by atoms with Gasteiger partial charge in [0.25, 0.3) is 0 Å². The smallest absolute Gasteiger partial charge is 0.0459 e. The summed E-state index contributed by atoms with van der Waals surface area (Å²) in [5.74, 6) is 0. The van der Waals surface area contributed by atoms with Gasteiger partial charge in [-0.3, -0.25) is 0 Å². The number of benzene rings is 1. The maximum absolute atomic E-state index is 4.69. The van der Waals surface area contributed by atoms with Crippen LogP contribution in [0.1, 0.15) is 64.5 Å². The first-order chi connectivity index (χ1) is 10.7. The largest absolute Gasteiger partial charge is 0.385 e. The lowest BCUT2D eigenvalue weighted by molar-refractivity contribution is 0.199. The Hall–Kier alpha value is -0.730. The fraction of sp³-hybridized carbons (Fsp3) is 0.600. The Labute approximate surface area is 142 Å². The van der Waals surface area contributed by atoms with E-state index < -0.39 is 0 Å². The van der Waals surface area contributed by atoms with Gasteiger partial charge < -0.3 is 4.74 Å². The Morgan fingerprint density at radius 2 is 1.86 bits per heavy atom. The first-order valence-electron chi connectivity index (χ1n) is 8.54. The SMILES string of the molecule is CC/C=C(\CC)c1c(CCC)cccc1SC.CCCOC. The van der Waals surface area contributed by atoms with Crippen molar-refractivity contribution < 1.29 is 4.74 Å². The summed E-state index contributed by atoms with van der Waals surface area (Å²) in [6, 6.07) is 6.73. The number of hydrogen-bond donors (Lipinski definition) is 0. The van der Waals surface area contributed by atoms with E-state index in [9.17, 15) is 0 Å². The lowest BCUT2D eigenvalue weighted by Crippen LogP contribution is -1.96. The summed E-state index contributed by atoms with van der Waals surface area (Å²) in [5.41, 5.74) is 4.54. The molecule has 2 heteroatoms. The second kappa shape index (κ2) is 13.9. The highest BCUT2D eigenvalue weighted by Gasteiger charge is 2.10. The molecule has 126 valence electrons. The van der Waals surface area contributed by atoms with Crippen LogP contribution in [-0.4, -0.2) is 20.0 Å². The van der Waals surface area contributed by atoms with E-state index in [1.807, 2.05) is 11.8 Å². The summed E-state index contributed by atoms with van der Waals surface area (Å²) in [6.45, 7) is 9.71. The van der Waals surface area contributed by atoms with Gasteiger partial charge in [0.05, 0.1) is 0 Å². The molecular weight excluding hydrogens is 288 g/mol. The van der Waals surface area contributed by atoms with E-state index in [2.05, 4.69) is 58.2 Å². The van der Waals surface area contributed by atoms with Crippen LogP contribution in [0.25, 0.3) is 5.57 Å². The quantitative estimate of drug-likeness (QED) is 0.498. The Kier molecular flexibility index (Phi) is 13.4. The maximum atomic E-state index is 4.69. The molecule has 0 aliphatic heterocycles. The Balaban J connectivity index is 0.000000763. The van der Waals surface area contributed by atoms with Crippen molar-refractivity contribution in [3.8, 4) is 0 Å². The van der Waals surface area contributed by atoms with Crippen LogP contribution in [0.2, 0.25) is 0 Å². The maximum Gasteiger partial charge on any atom is 0.0459 e. The van der Waals surface area contributed by atoms with Gasteiger partial charge in [0.2, 0.25) is 0 Å². The number of ether oxygens (including phenoxy) is 1. The van der Waals surface area contributed by atoms with Crippen molar-refractivity contribution >= 4 is 17.3 Å². The zero-order valence-electron chi connectivity index (χ0n) is 15.4. The van der Waals surface area contributed by atoms with Gasteiger partial charge in [0, 0.05) is 18.6 Å². The van der Waals surface area contributed by atoms with Crippen molar-refractivity contribution in [2.24, 2.45) is 0 Å². The molecule has 0 heterocycles. The van der Waals surface area contributed by atoms with Gasteiger partial charge in [-0.25, -0.2) is 0 Å². The highest BCUT2D eigenvalue weighted by molar-refractivity contribution is 7.98. The van der Waals surface area contributed by atoms with E-state index in [0.717, 1.165) is 25.9 Å². The van der Waals surface area contributed by atoms with E-state index in [-0.39, 0.29) is 0 Å². The summed E-state index contributed by atoms with van der Waals surface area (Å²) in [7, 11) is 1.71.